The fourth-order valence-corrected chi connectivity index (χ4v) is 4.40. The van der Waals surface area contributed by atoms with Gasteiger partial charge in [-0.05, 0) is 84.0 Å². The molecule has 0 atom stereocenters. The van der Waals surface area contributed by atoms with Crippen LogP contribution in [0.5, 0.6) is 11.5 Å². The SMILES string of the molecule is CCOc1ccc(-c2nc(-c3ccc4oc(C5(NC(=O)OC(C)(C)C)COC(C)(C)OC5)cc4c3)no2)cc1OC. The molecule has 41 heavy (non-hydrogen) atoms. The Balaban J connectivity index is 1.44. The minimum absolute atomic E-state index is 0.131. The van der Waals surface area contributed by atoms with Gasteiger partial charge < -0.3 is 37.9 Å². The number of furan rings is 1. The molecule has 11 heteroatoms. The van der Waals surface area contributed by atoms with Gasteiger partial charge in [0.1, 0.15) is 22.5 Å². The molecule has 1 aliphatic rings. The lowest BCUT2D eigenvalue weighted by molar-refractivity contribution is -0.274. The predicted octanol–water partition coefficient (Wildman–Crippen LogP) is 6.06. The molecule has 0 bridgehead atoms. The van der Waals surface area contributed by atoms with Gasteiger partial charge in [-0.1, -0.05) is 5.16 Å². The molecule has 1 fully saturated rings. The first-order valence-electron chi connectivity index (χ1n) is 13.4. The Labute approximate surface area is 238 Å². The third-order valence-corrected chi connectivity index (χ3v) is 6.46. The molecule has 3 heterocycles. The second kappa shape index (κ2) is 10.7. The highest BCUT2D eigenvalue weighted by Gasteiger charge is 2.46. The molecule has 4 aromatic rings. The lowest BCUT2D eigenvalue weighted by Gasteiger charge is -2.42. The summed E-state index contributed by atoms with van der Waals surface area (Å²) in [4.78, 5) is 17.4. The van der Waals surface area contributed by atoms with Crippen LogP contribution in [-0.4, -0.2) is 54.6 Å². The van der Waals surface area contributed by atoms with Crippen LogP contribution < -0.4 is 14.8 Å². The average molecular weight is 566 g/mol. The normalized spacial score (nSPS) is 16.4. The zero-order valence-electron chi connectivity index (χ0n) is 24.3. The van der Waals surface area contributed by atoms with Crippen LogP contribution >= 0.6 is 0 Å². The molecule has 2 aromatic heterocycles. The van der Waals surface area contributed by atoms with Gasteiger partial charge in [-0.3, -0.25) is 0 Å². The highest BCUT2D eigenvalue weighted by Crippen LogP contribution is 2.37. The number of hydrogen-bond donors (Lipinski definition) is 1. The molecule has 0 unspecified atom stereocenters. The second-order valence-electron chi connectivity index (χ2n) is 11.3. The molecule has 5 rings (SSSR count). The van der Waals surface area contributed by atoms with E-state index in [0.717, 1.165) is 10.9 Å². The number of carbonyl (C=O) groups is 1. The first kappa shape index (κ1) is 28.4. The summed E-state index contributed by atoms with van der Waals surface area (Å²) in [5.74, 6) is 1.63. The summed E-state index contributed by atoms with van der Waals surface area (Å²) in [6.45, 7) is 11.7. The van der Waals surface area contributed by atoms with Crippen molar-refractivity contribution in [2.24, 2.45) is 0 Å². The zero-order valence-corrected chi connectivity index (χ0v) is 24.3. The zero-order chi connectivity index (χ0) is 29.4. The molecule has 0 spiro atoms. The Morgan fingerprint density at radius 2 is 1.76 bits per heavy atom. The van der Waals surface area contributed by atoms with Crippen molar-refractivity contribution in [1.29, 1.82) is 0 Å². The molecular formula is C30H35N3O8. The van der Waals surface area contributed by atoms with Gasteiger partial charge >= 0.3 is 6.09 Å². The molecule has 1 saturated heterocycles. The van der Waals surface area contributed by atoms with Gasteiger partial charge in [0, 0.05) is 16.5 Å². The van der Waals surface area contributed by atoms with E-state index < -0.39 is 23.0 Å². The van der Waals surface area contributed by atoms with E-state index in [2.05, 4.69) is 15.5 Å². The highest BCUT2D eigenvalue weighted by atomic mass is 16.7. The van der Waals surface area contributed by atoms with Crippen molar-refractivity contribution in [2.75, 3.05) is 26.9 Å². The number of amides is 1. The molecular weight excluding hydrogens is 530 g/mol. The molecule has 0 aliphatic carbocycles. The number of benzene rings is 2. The third kappa shape index (κ3) is 6.15. The number of nitrogens with one attached hydrogen (secondary N) is 1. The Morgan fingerprint density at radius 1 is 1.02 bits per heavy atom. The molecule has 1 N–H and O–H groups in total. The fraction of sp³-hybridized carbons (Fsp3) is 0.433. The van der Waals surface area contributed by atoms with Crippen LogP contribution in [0.4, 0.5) is 4.79 Å². The van der Waals surface area contributed by atoms with Gasteiger partial charge in [0.05, 0.1) is 26.9 Å². The van der Waals surface area contributed by atoms with Crippen molar-refractivity contribution < 1.29 is 37.4 Å². The van der Waals surface area contributed by atoms with Crippen LogP contribution in [0.3, 0.4) is 0 Å². The molecule has 0 radical (unpaired) electrons. The topological polar surface area (TPSA) is 127 Å². The van der Waals surface area contributed by atoms with E-state index in [1.54, 1.807) is 33.9 Å². The van der Waals surface area contributed by atoms with Crippen LogP contribution in [0, 0.1) is 0 Å². The third-order valence-electron chi connectivity index (χ3n) is 6.46. The van der Waals surface area contributed by atoms with Crippen LogP contribution in [0.2, 0.25) is 0 Å². The molecule has 0 saturated carbocycles. The van der Waals surface area contributed by atoms with Gasteiger partial charge in [0.2, 0.25) is 5.82 Å². The Bertz CT molecular complexity index is 1540. The number of hydrogen-bond acceptors (Lipinski definition) is 10. The monoisotopic (exact) mass is 565 g/mol. The molecule has 1 amide bonds. The summed E-state index contributed by atoms with van der Waals surface area (Å²) < 4.78 is 40.2. The molecule has 1 aliphatic heterocycles. The van der Waals surface area contributed by atoms with Crippen molar-refractivity contribution in [3.05, 3.63) is 48.2 Å². The van der Waals surface area contributed by atoms with Gasteiger partial charge in [-0.25, -0.2) is 4.79 Å². The number of alkyl carbamates (subject to hydrolysis) is 1. The number of aromatic nitrogens is 2. The minimum atomic E-state index is -1.09. The van der Waals surface area contributed by atoms with Gasteiger partial charge in [0.15, 0.2) is 17.3 Å². The number of rotatable bonds is 7. The van der Waals surface area contributed by atoms with Crippen LogP contribution in [0.15, 0.2) is 51.4 Å². The molecule has 11 nitrogen and oxygen atoms in total. The second-order valence-corrected chi connectivity index (χ2v) is 11.3. The van der Waals surface area contributed by atoms with Crippen LogP contribution in [0.25, 0.3) is 33.8 Å². The smallest absolute Gasteiger partial charge is 0.408 e. The van der Waals surface area contributed by atoms with E-state index in [-0.39, 0.29) is 13.2 Å². The minimum Gasteiger partial charge on any atom is -0.493 e. The standard InChI is InChI=1S/C30H35N3O8/c1-8-36-22-12-10-19(14-23(22)35-7)26-31-25(33-41-26)18-9-11-21-20(13-18)15-24(39-21)30(16-37-29(5,6)38-17-30)32-27(34)40-28(2,3)4/h9-15H,8,16-17H2,1-7H3,(H,32,34). The van der Waals surface area contributed by atoms with Crippen molar-refractivity contribution in [1.82, 2.24) is 15.5 Å². The number of ether oxygens (including phenoxy) is 5. The quantitative estimate of drug-likeness (QED) is 0.282. The summed E-state index contributed by atoms with van der Waals surface area (Å²) in [7, 11) is 1.58. The molecule has 218 valence electrons. The Hall–Kier alpha value is -4.09. The number of carbonyl (C=O) groups excluding carboxylic acids is 1. The van der Waals surface area contributed by atoms with E-state index >= 15 is 0 Å². The lowest BCUT2D eigenvalue weighted by atomic mass is 9.96. The van der Waals surface area contributed by atoms with Crippen molar-refractivity contribution in [3.8, 4) is 34.3 Å². The van der Waals surface area contributed by atoms with E-state index in [0.29, 0.717) is 46.7 Å². The summed E-state index contributed by atoms with van der Waals surface area (Å²) in [5, 5.41) is 7.89. The summed E-state index contributed by atoms with van der Waals surface area (Å²) >= 11 is 0. The largest absolute Gasteiger partial charge is 0.493 e. The van der Waals surface area contributed by atoms with E-state index in [4.69, 9.17) is 32.6 Å². The maximum atomic E-state index is 12.8. The number of methoxy groups -OCH3 is 1. The van der Waals surface area contributed by atoms with E-state index in [1.807, 2.05) is 57.2 Å². The van der Waals surface area contributed by atoms with Gasteiger partial charge in [-0.2, -0.15) is 4.98 Å². The van der Waals surface area contributed by atoms with Crippen molar-refractivity contribution in [2.45, 2.75) is 58.5 Å². The lowest BCUT2D eigenvalue weighted by Crippen LogP contribution is -2.59. The first-order valence-corrected chi connectivity index (χ1v) is 13.4. The maximum absolute atomic E-state index is 12.8. The fourth-order valence-electron chi connectivity index (χ4n) is 4.40. The number of fused-ring (bicyclic) bond motifs is 1. The summed E-state index contributed by atoms with van der Waals surface area (Å²) in [6, 6.07) is 12.8. The summed E-state index contributed by atoms with van der Waals surface area (Å²) in [6.07, 6.45) is -0.601. The Morgan fingerprint density at radius 3 is 2.44 bits per heavy atom. The van der Waals surface area contributed by atoms with Crippen molar-refractivity contribution in [3.63, 3.8) is 0 Å². The molecule has 2 aromatic carbocycles. The van der Waals surface area contributed by atoms with Gasteiger partial charge in [0.25, 0.3) is 5.89 Å². The van der Waals surface area contributed by atoms with Crippen LogP contribution in [0.1, 0.15) is 47.3 Å². The predicted molar refractivity (Wildman–Crippen MR) is 150 cm³/mol. The summed E-state index contributed by atoms with van der Waals surface area (Å²) in [5.41, 5.74) is 0.265. The average Bonchev–Trinajstić information content (AvgIpc) is 3.57. The maximum Gasteiger partial charge on any atom is 0.408 e. The number of nitrogens with zero attached hydrogens (tertiary/aromatic N) is 2. The van der Waals surface area contributed by atoms with Gasteiger partial charge in [-0.15, -0.1) is 0 Å². The van der Waals surface area contributed by atoms with Crippen molar-refractivity contribution >= 4 is 17.1 Å². The van der Waals surface area contributed by atoms with E-state index in [1.165, 1.54) is 0 Å². The van der Waals surface area contributed by atoms with Crippen LogP contribution in [-0.2, 0) is 19.7 Å². The first-order chi connectivity index (χ1) is 19.4. The Kier molecular flexibility index (Phi) is 7.43. The van der Waals surface area contributed by atoms with E-state index in [9.17, 15) is 4.79 Å². The highest BCUT2D eigenvalue weighted by molar-refractivity contribution is 5.83.